The van der Waals surface area contributed by atoms with E-state index in [1.807, 2.05) is 24.3 Å². The predicted molar refractivity (Wildman–Crippen MR) is 322 cm³/mol. The normalized spacial score (nSPS) is 11.8. The van der Waals surface area contributed by atoms with E-state index < -0.39 is 0 Å². The van der Waals surface area contributed by atoms with Gasteiger partial charge in [0.25, 0.3) is 0 Å². The highest BCUT2D eigenvalue weighted by atomic mass is 15.0. The van der Waals surface area contributed by atoms with E-state index in [0.29, 0.717) is 5.82 Å². The molecule has 0 radical (unpaired) electrons. The van der Waals surface area contributed by atoms with Gasteiger partial charge >= 0.3 is 0 Å². The van der Waals surface area contributed by atoms with E-state index in [1.54, 1.807) is 0 Å². The van der Waals surface area contributed by atoms with Crippen molar-refractivity contribution in [2.45, 2.75) is 13.8 Å². The maximum Gasteiger partial charge on any atom is 0.160 e. The Balaban J connectivity index is 0.814. The van der Waals surface area contributed by atoms with Gasteiger partial charge in [0.15, 0.2) is 5.82 Å². The van der Waals surface area contributed by atoms with Crippen molar-refractivity contribution in [2.24, 2.45) is 0 Å². The number of aromatic nitrogens is 5. The summed E-state index contributed by atoms with van der Waals surface area (Å²) < 4.78 is 7.34. The average Bonchev–Trinajstić information content (AvgIpc) is 4.27. The molecule has 0 bridgehead atoms. The molecule has 5 heteroatoms. The lowest BCUT2D eigenvalue weighted by molar-refractivity contribution is 1.13. The Kier molecular flexibility index (Phi) is 10.3. The zero-order chi connectivity index (χ0) is 51.1. The number of para-hydroxylation sites is 4. The molecule has 0 unspecified atom stereocenters. The molecular formula is C72H49N5. The van der Waals surface area contributed by atoms with Crippen molar-refractivity contribution in [1.82, 2.24) is 23.7 Å². The molecule has 4 heterocycles. The molecule has 15 aromatic rings. The Bertz CT molecular complexity index is 4450. The van der Waals surface area contributed by atoms with Crippen LogP contribution in [0.5, 0.6) is 0 Å². The van der Waals surface area contributed by atoms with Crippen molar-refractivity contribution in [1.29, 1.82) is 0 Å². The third kappa shape index (κ3) is 7.31. The summed E-state index contributed by atoms with van der Waals surface area (Å²) in [6.07, 6.45) is 0. The molecular weight excluding hydrogens is 935 g/mol. The monoisotopic (exact) mass is 983 g/mol. The fourth-order valence-electron chi connectivity index (χ4n) is 12.0. The third-order valence-corrected chi connectivity index (χ3v) is 15.7. The minimum Gasteiger partial charge on any atom is -0.309 e. The molecule has 0 fully saturated rings. The van der Waals surface area contributed by atoms with Gasteiger partial charge < -0.3 is 13.7 Å². The van der Waals surface area contributed by atoms with Crippen molar-refractivity contribution in [2.75, 3.05) is 0 Å². The van der Waals surface area contributed by atoms with E-state index in [0.717, 1.165) is 50.6 Å². The molecule has 77 heavy (non-hydrogen) atoms. The first-order valence-corrected chi connectivity index (χ1v) is 26.4. The fraction of sp³-hybridized carbons (Fsp3) is 0.0278. The van der Waals surface area contributed by atoms with E-state index in [-0.39, 0.29) is 0 Å². The topological polar surface area (TPSA) is 40.6 Å². The van der Waals surface area contributed by atoms with Gasteiger partial charge in [0.2, 0.25) is 0 Å². The summed E-state index contributed by atoms with van der Waals surface area (Å²) in [5, 5.41) is 7.43. The summed E-state index contributed by atoms with van der Waals surface area (Å²) >= 11 is 0. The molecule has 0 aliphatic rings. The molecule has 0 spiro atoms. The standard InChI is InChI=1S/C72H49N5/c1-46-42-71(47(2)41-60(46)50-33-29-48(30-34-50)49-31-35-52(36-32-49)64-45-63(51-17-5-3-6-18-51)73-72(74-64)53-19-7-4-8-20-53)77-69-39-37-54(75-65-25-13-9-21-56(65)57-22-10-14-26-66(57)75)43-61(69)62-44-55(38-40-70(62)77)76-67-27-15-11-23-58(67)59-24-12-16-28-68(59)76/h3-45H,1-2H3. The summed E-state index contributed by atoms with van der Waals surface area (Å²) in [6.45, 7) is 4.51. The van der Waals surface area contributed by atoms with E-state index in [2.05, 4.69) is 264 Å². The van der Waals surface area contributed by atoms with Crippen LogP contribution in [0, 0.1) is 13.8 Å². The van der Waals surface area contributed by atoms with Gasteiger partial charge in [0.05, 0.1) is 44.5 Å². The van der Waals surface area contributed by atoms with E-state index in [9.17, 15) is 0 Å². The van der Waals surface area contributed by atoms with Gasteiger partial charge in [-0.1, -0.05) is 182 Å². The Morgan fingerprint density at radius 3 is 1.10 bits per heavy atom. The van der Waals surface area contributed by atoms with Gasteiger partial charge in [-0.05, 0) is 126 Å². The third-order valence-electron chi connectivity index (χ3n) is 15.7. The minimum atomic E-state index is 0.713. The second-order valence-corrected chi connectivity index (χ2v) is 20.3. The molecule has 0 saturated heterocycles. The highest BCUT2D eigenvalue weighted by Gasteiger charge is 2.21. The first kappa shape index (κ1) is 44.4. The van der Waals surface area contributed by atoms with Crippen LogP contribution in [-0.4, -0.2) is 23.7 Å². The van der Waals surface area contributed by atoms with Gasteiger partial charge in [0.1, 0.15) is 0 Å². The van der Waals surface area contributed by atoms with Gasteiger partial charge in [-0.3, -0.25) is 0 Å². The largest absolute Gasteiger partial charge is 0.309 e. The Labute approximate surface area is 445 Å². The van der Waals surface area contributed by atoms with Crippen molar-refractivity contribution < 1.29 is 0 Å². The van der Waals surface area contributed by atoms with Crippen LogP contribution in [0.25, 0.3) is 139 Å². The highest BCUT2D eigenvalue weighted by Crippen LogP contribution is 2.41. The van der Waals surface area contributed by atoms with Gasteiger partial charge in [0, 0.05) is 66.1 Å². The summed E-state index contributed by atoms with van der Waals surface area (Å²) in [7, 11) is 0. The summed E-state index contributed by atoms with van der Waals surface area (Å²) in [4.78, 5) is 10.1. The van der Waals surface area contributed by atoms with E-state index in [1.165, 1.54) is 93.4 Å². The number of hydrogen-bond acceptors (Lipinski definition) is 2. The number of nitrogens with zero attached hydrogens (tertiary/aromatic N) is 5. The van der Waals surface area contributed by atoms with Crippen molar-refractivity contribution in [3.05, 3.63) is 272 Å². The second kappa shape index (κ2) is 17.8. The second-order valence-electron chi connectivity index (χ2n) is 20.3. The van der Waals surface area contributed by atoms with E-state index >= 15 is 0 Å². The van der Waals surface area contributed by atoms with Crippen LogP contribution < -0.4 is 0 Å². The number of aryl methyl sites for hydroxylation is 2. The molecule has 11 aromatic carbocycles. The van der Waals surface area contributed by atoms with Crippen LogP contribution in [0.15, 0.2) is 261 Å². The minimum absolute atomic E-state index is 0.713. The molecule has 0 atom stereocenters. The fourth-order valence-corrected chi connectivity index (χ4v) is 12.0. The SMILES string of the molecule is Cc1cc(-n2c3ccc(-n4c5ccccc5c5ccccc54)cc3c3cc(-n4c5ccccc5c5ccccc54)ccc32)c(C)cc1-c1ccc(-c2ccc(-c3cc(-c4ccccc4)nc(-c4ccccc4)n3)cc2)cc1. The summed E-state index contributed by atoms with van der Waals surface area (Å²) in [5.74, 6) is 0.713. The molecule has 0 amide bonds. The van der Waals surface area contributed by atoms with Crippen molar-refractivity contribution >= 4 is 65.4 Å². The quantitative estimate of drug-likeness (QED) is 0.152. The van der Waals surface area contributed by atoms with Crippen LogP contribution in [0.3, 0.4) is 0 Å². The lowest BCUT2D eigenvalue weighted by Gasteiger charge is -2.16. The number of benzene rings is 11. The molecule has 4 aromatic heterocycles. The molecule has 5 nitrogen and oxygen atoms in total. The molecule has 362 valence electrons. The van der Waals surface area contributed by atoms with Crippen LogP contribution in [-0.2, 0) is 0 Å². The first-order chi connectivity index (χ1) is 38.0. The first-order valence-electron chi connectivity index (χ1n) is 26.4. The average molecular weight is 984 g/mol. The lowest BCUT2D eigenvalue weighted by Crippen LogP contribution is -2.00. The maximum atomic E-state index is 5.06. The lowest BCUT2D eigenvalue weighted by atomic mass is 9.95. The van der Waals surface area contributed by atoms with Gasteiger partial charge in [-0.25, -0.2) is 9.97 Å². The van der Waals surface area contributed by atoms with Gasteiger partial charge in [-0.15, -0.1) is 0 Å². The van der Waals surface area contributed by atoms with Crippen LogP contribution in [0.4, 0.5) is 0 Å². The molecule has 0 N–H and O–H groups in total. The predicted octanol–water partition coefficient (Wildman–Crippen LogP) is 18.7. The number of hydrogen-bond donors (Lipinski definition) is 0. The van der Waals surface area contributed by atoms with Crippen LogP contribution >= 0.6 is 0 Å². The van der Waals surface area contributed by atoms with Crippen LogP contribution in [0.2, 0.25) is 0 Å². The number of fused-ring (bicyclic) bond motifs is 9. The summed E-state index contributed by atoms with van der Waals surface area (Å²) in [5.41, 5.74) is 22.6. The Morgan fingerprint density at radius 2 is 0.636 bits per heavy atom. The van der Waals surface area contributed by atoms with Crippen LogP contribution in [0.1, 0.15) is 11.1 Å². The van der Waals surface area contributed by atoms with Gasteiger partial charge in [-0.2, -0.15) is 0 Å². The molecule has 0 saturated carbocycles. The van der Waals surface area contributed by atoms with Crippen molar-refractivity contribution in [3.63, 3.8) is 0 Å². The zero-order valence-electron chi connectivity index (χ0n) is 42.6. The summed E-state index contributed by atoms with van der Waals surface area (Å²) in [6, 6.07) is 94.3. The number of rotatable bonds is 8. The molecule has 0 aliphatic carbocycles. The molecule has 0 aliphatic heterocycles. The van der Waals surface area contributed by atoms with Crippen molar-refractivity contribution in [3.8, 4) is 73.2 Å². The maximum absolute atomic E-state index is 5.06. The van der Waals surface area contributed by atoms with E-state index in [4.69, 9.17) is 9.97 Å². The Morgan fingerprint density at radius 1 is 0.260 bits per heavy atom. The zero-order valence-corrected chi connectivity index (χ0v) is 42.6. The molecule has 15 rings (SSSR count). The Hall–Kier alpha value is -10.1. The smallest absolute Gasteiger partial charge is 0.160 e. The highest BCUT2D eigenvalue weighted by molar-refractivity contribution is 6.14.